The fourth-order valence-electron chi connectivity index (χ4n) is 2.80. The summed E-state index contributed by atoms with van der Waals surface area (Å²) in [6.45, 7) is 2.02. The summed E-state index contributed by atoms with van der Waals surface area (Å²) in [6, 6.07) is 14.3. The van der Waals surface area contributed by atoms with Crippen LogP contribution in [-0.2, 0) is 7.05 Å². The number of aryl methyl sites for hydroxylation is 1. The molecule has 3 aromatic rings. The number of hydrogen-bond donors (Lipinski definition) is 1. The van der Waals surface area contributed by atoms with Crippen molar-refractivity contribution in [3.05, 3.63) is 59.8 Å². The SMILES string of the molecule is C[C@H](c1cccc2ccccc12)N(C)C(=O)c1cnn(C)c1N. The van der Waals surface area contributed by atoms with Crippen LogP contribution in [0.4, 0.5) is 5.82 Å². The van der Waals surface area contributed by atoms with Crippen molar-refractivity contribution < 1.29 is 4.79 Å². The van der Waals surface area contributed by atoms with Gasteiger partial charge in [-0.3, -0.25) is 9.48 Å². The first-order valence-corrected chi connectivity index (χ1v) is 7.53. The third-order valence-electron chi connectivity index (χ3n) is 4.39. The number of nitrogen functional groups attached to an aromatic ring is 1. The Morgan fingerprint density at radius 2 is 1.91 bits per heavy atom. The first kappa shape index (κ1) is 15.1. The third kappa shape index (κ3) is 2.54. The Morgan fingerprint density at radius 1 is 1.22 bits per heavy atom. The standard InChI is InChI=1S/C18H20N4O/c1-12(14-10-6-8-13-7-4-5-9-15(13)14)21(2)18(23)16-11-20-22(3)17(16)19/h4-12H,19H2,1-3H3/t12-/m1/s1. The predicted octanol–water partition coefficient (Wildman–Crippen LogP) is 2.99. The number of benzene rings is 2. The largest absolute Gasteiger partial charge is 0.383 e. The average Bonchev–Trinajstić information content (AvgIpc) is 2.91. The normalized spacial score (nSPS) is 12.3. The molecule has 0 spiro atoms. The highest BCUT2D eigenvalue weighted by molar-refractivity contribution is 5.98. The summed E-state index contributed by atoms with van der Waals surface area (Å²) in [5.74, 6) is 0.253. The molecule has 1 atom stereocenters. The van der Waals surface area contributed by atoms with Gasteiger partial charge < -0.3 is 10.6 Å². The van der Waals surface area contributed by atoms with E-state index in [0.29, 0.717) is 11.4 Å². The van der Waals surface area contributed by atoms with Crippen molar-refractivity contribution in [1.29, 1.82) is 0 Å². The molecule has 0 bridgehead atoms. The van der Waals surface area contributed by atoms with E-state index in [4.69, 9.17) is 5.73 Å². The summed E-state index contributed by atoms with van der Waals surface area (Å²) >= 11 is 0. The molecular weight excluding hydrogens is 288 g/mol. The number of aromatic nitrogens is 2. The number of nitrogens with two attached hydrogens (primary N) is 1. The van der Waals surface area contributed by atoms with E-state index in [1.807, 2.05) is 25.1 Å². The zero-order valence-corrected chi connectivity index (χ0v) is 13.5. The van der Waals surface area contributed by atoms with E-state index in [1.54, 1.807) is 19.0 Å². The molecular formula is C18H20N4O. The molecule has 2 N–H and O–H groups in total. The van der Waals surface area contributed by atoms with E-state index in [-0.39, 0.29) is 11.9 Å². The van der Waals surface area contributed by atoms with Gasteiger partial charge in [0.15, 0.2) is 0 Å². The summed E-state index contributed by atoms with van der Waals surface area (Å²) in [5, 5.41) is 6.37. The predicted molar refractivity (Wildman–Crippen MR) is 92.1 cm³/mol. The van der Waals surface area contributed by atoms with Crippen molar-refractivity contribution >= 4 is 22.5 Å². The number of amides is 1. The number of anilines is 1. The lowest BCUT2D eigenvalue weighted by Crippen LogP contribution is -2.30. The lowest BCUT2D eigenvalue weighted by atomic mass is 9.98. The van der Waals surface area contributed by atoms with Crippen molar-refractivity contribution in [1.82, 2.24) is 14.7 Å². The van der Waals surface area contributed by atoms with Gasteiger partial charge in [0, 0.05) is 14.1 Å². The summed E-state index contributed by atoms with van der Waals surface area (Å²) < 4.78 is 1.50. The zero-order valence-electron chi connectivity index (χ0n) is 13.5. The van der Waals surface area contributed by atoms with Gasteiger partial charge in [0.2, 0.25) is 0 Å². The molecule has 0 aliphatic carbocycles. The molecule has 1 amide bonds. The van der Waals surface area contributed by atoms with E-state index in [9.17, 15) is 4.79 Å². The van der Waals surface area contributed by atoms with E-state index in [0.717, 1.165) is 10.9 Å². The second-order valence-corrected chi connectivity index (χ2v) is 5.73. The lowest BCUT2D eigenvalue weighted by Gasteiger charge is -2.26. The molecule has 1 aromatic heterocycles. The maximum atomic E-state index is 12.7. The van der Waals surface area contributed by atoms with E-state index in [1.165, 1.54) is 16.3 Å². The number of carbonyl (C=O) groups excluding carboxylic acids is 1. The van der Waals surface area contributed by atoms with Crippen LogP contribution in [0.1, 0.15) is 28.9 Å². The Labute approximate surface area is 135 Å². The monoisotopic (exact) mass is 308 g/mol. The van der Waals surface area contributed by atoms with Gasteiger partial charge in [-0.2, -0.15) is 5.10 Å². The summed E-state index contributed by atoms with van der Waals surface area (Å²) in [5.41, 5.74) is 7.47. The maximum absolute atomic E-state index is 12.7. The number of rotatable bonds is 3. The van der Waals surface area contributed by atoms with Crippen LogP contribution >= 0.6 is 0 Å². The highest BCUT2D eigenvalue weighted by atomic mass is 16.2. The highest BCUT2D eigenvalue weighted by Gasteiger charge is 2.23. The Kier molecular flexibility index (Phi) is 3.78. The van der Waals surface area contributed by atoms with Crippen molar-refractivity contribution in [2.75, 3.05) is 12.8 Å². The minimum absolute atomic E-state index is 0.0757. The molecule has 0 saturated carbocycles. The van der Waals surface area contributed by atoms with Crippen LogP contribution in [0, 0.1) is 0 Å². The Morgan fingerprint density at radius 3 is 2.61 bits per heavy atom. The number of carbonyl (C=O) groups is 1. The molecule has 0 aliphatic rings. The maximum Gasteiger partial charge on any atom is 0.259 e. The first-order chi connectivity index (χ1) is 11.0. The van der Waals surface area contributed by atoms with Gasteiger partial charge in [0.1, 0.15) is 11.4 Å². The Bertz CT molecular complexity index is 863. The second-order valence-electron chi connectivity index (χ2n) is 5.73. The Balaban J connectivity index is 1.97. The van der Waals surface area contributed by atoms with Gasteiger partial charge in [-0.1, -0.05) is 42.5 Å². The van der Waals surface area contributed by atoms with Gasteiger partial charge in [0.25, 0.3) is 5.91 Å². The topological polar surface area (TPSA) is 64.2 Å². The summed E-state index contributed by atoms with van der Waals surface area (Å²) in [7, 11) is 3.52. The third-order valence-corrected chi connectivity index (χ3v) is 4.39. The molecule has 0 radical (unpaired) electrons. The van der Waals surface area contributed by atoms with Gasteiger partial charge in [-0.15, -0.1) is 0 Å². The fourth-order valence-corrected chi connectivity index (χ4v) is 2.80. The van der Waals surface area contributed by atoms with Crippen LogP contribution in [0.3, 0.4) is 0 Å². The van der Waals surface area contributed by atoms with Crippen molar-refractivity contribution in [2.45, 2.75) is 13.0 Å². The lowest BCUT2D eigenvalue weighted by molar-refractivity contribution is 0.0744. The van der Waals surface area contributed by atoms with Crippen molar-refractivity contribution in [2.24, 2.45) is 7.05 Å². The van der Waals surface area contributed by atoms with Crippen LogP contribution < -0.4 is 5.73 Å². The van der Waals surface area contributed by atoms with Crippen LogP contribution in [0.2, 0.25) is 0 Å². The molecule has 1 heterocycles. The number of nitrogens with zero attached hydrogens (tertiary/aromatic N) is 3. The molecule has 5 nitrogen and oxygen atoms in total. The molecule has 23 heavy (non-hydrogen) atoms. The van der Waals surface area contributed by atoms with Gasteiger partial charge in [-0.25, -0.2) is 0 Å². The second kappa shape index (κ2) is 5.76. The van der Waals surface area contributed by atoms with Crippen molar-refractivity contribution in [3.63, 3.8) is 0 Å². The molecule has 3 rings (SSSR count). The van der Waals surface area contributed by atoms with Crippen LogP contribution in [0.15, 0.2) is 48.7 Å². The minimum atomic E-state index is -0.129. The Hall–Kier alpha value is -2.82. The van der Waals surface area contributed by atoms with Gasteiger partial charge in [-0.05, 0) is 23.3 Å². The summed E-state index contributed by atoms with van der Waals surface area (Å²) in [4.78, 5) is 14.4. The number of hydrogen-bond acceptors (Lipinski definition) is 3. The smallest absolute Gasteiger partial charge is 0.259 e. The first-order valence-electron chi connectivity index (χ1n) is 7.53. The van der Waals surface area contributed by atoms with Gasteiger partial charge >= 0.3 is 0 Å². The zero-order chi connectivity index (χ0) is 16.6. The van der Waals surface area contributed by atoms with E-state index in [2.05, 4.69) is 29.4 Å². The fraction of sp³-hybridized carbons (Fsp3) is 0.222. The van der Waals surface area contributed by atoms with E-state index >= 15 is 0 Å². The minimum Gasteiger partial charge on any atom is -0.383 e. The molecule has 0 fully saturated rings. The molecule has 0 unspecified atom stereocenters. The van der Waals surface area contributed by atoms with Crippen LogP contribution in [0.25, 0.3) is 10.8 Å². The van der Waals surface area contributed by atoms with Crippen LogP contribution in [-0.4, -0.2) is 27.6 Å². The molecule has 5 heteroatoms. The molecule has 0 saturated heterocycles. The molecule has 2 aromatic carbocycles. The molecule has 0 aliphatic heterocycles. The molecule has 118 valence electrons. The van der Waals surface area contributed by atoms with Crippen LogP contribution in [0.5, 0.6) is 0 Å². The van der Waals surface area contributed by atoms with Gasteiger partial charge in [0.05, 0.1) is 12.2 Å². The van der Waals surface area contributed by atoms with E-state index < -0.39 is 0 Å². The van der Waals surface area contributed by atoms with Crippen molar-refractivity contribution in [3.8, 4) is 0 Å². The number of fused-ring (bicyclic) bond motifs is 1. The summed E-state index contributed by atoms with van der Waals surface area (Å²) in [6.07, 6.45) is 1.52. The average molecular weight is 308 g/mol. The quantitative estimate of drug-likeness (QED) is 0.809. The highest BCUT2D eigenvalue weighted by Crippen LogP contribution is 2.28.